The lowest BCUT2D eigenvalue weighted by atomic mass is 10.1. The van der Waals surface area contributed by atoms with Gasteiger partial charge in [-0.05, 0) is 31.7 Å². The van der Waals surface area contributed by atoms with Crippen LogP contribution in [0.4, 0.5) is 16.0 Å². The summed E-state index contributed by atoms with van der Waals surface area (Å²) in [5.74, 6) is 1.21. The van der Waals surface area contributed by atoms with Crippen LogP contribution in [0.3, 0.4) is 0 Å². The molecule has 1 aliphatic rings. The predicted octanol–water partition coefficient (Wildman–Crippen LogP) is 3.57. The Balaban J connectivity index is 1.39. The Kier molecular flexibility index (Phi) is 4.41. The van der Waals surface area contributed by atoms with Crippen molar-refractivity contribution in [1.82, 2.24) is 33.7 Å². The number of aryl methyl sites for hydroxylation is 2. The number of imidazole rings is 1. The van der Waals surface area contributed by atoms with E-state index in [9.17, 15) is 9.18 Å². The van der Waals surface area contributed by atoms with Gasteiger partial charge < -0.3 is 14.6 Å². The average molecular weight is 460 g/mol. The lowest BCUT2D eigenvalue weighted by Gasteiger charge is -2.12. The van der Waals surface area contributed by atoms with Crippen LogP contribution in [0.5, 0.6) is 11.5 Å². The number of nitrogens with zero attached hydrogens (tertiary/aromatic N) is 7. The van der Waals surface area contributed by atoms with Crippen LogP contribution in [0.1, 0.15) is 29.9 Å². The highest BCUT2D eigenvalue weighted by atomic mass is 19.1. The van der Waals surface area contributed by atoms with Crippen molar-refractivity contribution in [3.8, 4) is 11.5 Å². The lowest BCUT2D eigenvalue weighted by Crippen LogP contribution is -2.24. The van der Waals surface area contributed by atoms with Gasteiger partial charge in [0.15, 0.2) is 23.1 Å². The summed E-state index contributed by atoms with van der Waals surface area (Å²) in [6.07, 6.45) is 10.1. The molecule has 6 rings (SSSR count). The van der Waals surface area contributed by atoms with Crippen molar-refractivity contribution in [2.45, 2.75) is 25.7 Å². The quantitative estimate of drug-likeness (QED) is 0.400. The van der Waals surface area contributed by atoms with Crippen molar-refractivity contribution in [3.63, 3.8) is 0 Å². The Morgan fingerprint density at radius 3 is 2.76 bits per heavy atom. The normalized spacial score (nSPS) is 13.6. The van der Waals surface area contributed by atoms with Gasteiger partial charge >= 0.3 is 0 Å². The lowest BCUT2D eigenvalue weighted by molar-refractivity contribution is 0.482. The third kappa shape index (κ3) is 3.11. The molecule has 10 nitrogen and oxygen atoms in total. The third-order valence-corrected chi connectivity index (χ3v) is 6.25. The molecule has 5 heterocycles. The molecular weight excluding hydrogens is 439 g/mol. The number of fused-ring (bicyclic) bond motifs is 2. The minimum Gasteiger partial charge on any atom is -0.451 e. The molecule has 0 aromatic carbocycles. The van der Waals surface area contributed by atoms with E-state index in [1.165, 1.54) is 7.05 Å². The van der Waals surface area contributed by atoms with Gasteiger partial charge in [-0.15, -0.1) is 0 Å². The molecule has 0 aliphatic heterocycles. The number of anilines is 2. The summed E-state index contributed by atoms with van der Waals surface area (Å²) in [6, 6.07) is 1.60. The monoisotopic (exact) mass is 460 g/mol. The molecular formula is C23H21FN8O2. The maximum atomic E-state index is 14.5. The minimum atomic E-state index is -0.481. The second-order valence-electron chi connectivity index (χ2n) is 8.50. The van der Waals surface area contributed by atoms with E-state index in [0.717, 1.165) is 34.0 Å². The van der Waals surface area contributed by atoms with Crippen LogP contribution in [0.15, 0.2) is 41.8 Å². The van der Waals surface area contributed by atoms with E-state index in [-0.39, 0.29) is 11.6 Å². The van der Waals surface area contributed by atoms with Gasteiger partial charge in [0, 0.05) is 37.6 Å². The zero-order valence-corrected chi connectivity index (χ0v) is 18.8. The summed E-state index contributed by atoms with van der Waals surface area (Å²) >= 11 is 0. The zero-order chi connectivity index (χ0) is 23.6. The standard InChI is InChI=1S/C23H21FN8O2/c1-12-17(34-18-11-27-32-7-6-25-9-16(18)32)10-26-21-19(12)30(2)23(29-21)28-15-8-14(13-4-5-13)20(24)31(3)22(15)33/h6-11,13H,4-5H2,1-3H3,(H,26,28,29). The maximum absolute atomic E-state index is 14.5. The fraction of sp³-hybridized carbons (Fsp3) is 0.261. The molecule has 0 spiro atoms. The van der Waals surface area contributed by atoms with E-state index in [1.54, 1.807) is 41.6 Å². The molecule has 0 amide bonds. The fourth-order valence-corrected chi connectivity index (χ4v) is 4.18. The summed E-state index contributed by atoms with van der Waals surface area (Å²) in [6.45, 7) is 1.91. The Morgan fingerprint density at radius 1 is 1.15 bits per heavy atom. The number of pyridine rings is 2. The summed E-state index contributed by atoms with van der Waals surface area (Å²) in [4.78, 5) is 25.8. The van der Waals surface area contributed by atoms with Gasteiger partial charge in [0.2, 0.25) is 5.95 Å². The number of hydrogen-bond donors (Lipinski definition) is 1. The van der Waals surface area contributed by atoms with Crippen LogP contribution in [0, 0.1) is 12.9 Å². The highest BCUT2D eigenvalue weighted by molar-refractivity contribution is 5.81. The second-order valence-corrected chi connectivity index (χ2v) is 8.50. The SMILES string of the molecule is Cc1c(Oc2cnn3ccncc23)cnc2nc(Nc3cc(C4CC4)c(F)n(C)c3=O)n(C)c12. The molecule has 0 radical (unpaired) electrons. The van der Waals surface area contributed by atoms with Crippen LogP contribution in [0.2, 0.25) is 0 Å². The van der Waals surface area contributed by atoms with Gasteiger partial charge in [0.1, 0.15) is 11.2 Å². The Hall–Kier alpha value is -4.28. The average Bonchev–Trinajstić information content (AvgIpc) is 3.52. The molecule has 1 N–H and O–H groups in total. The van der Waals surface area contributed by atoms with Crippen molar-refractivity contribution >= 4 is 28.3 Å². The Labute approximate surface area is 192 Å². The summed E-state index contributed by atoms with van der Waals surface area (Å²) in [5.41, 5.74) is 3.17. The van der Waals surface area contributed by atoms with Crippen LogP contribution in [0.25, 0.3) is 16.7 Å². The van der Waals surface area contributed by atoms with Gasteiger partial charge in [0.05, 0.1) is 24.1 Å². The van der Waals surface area contributed by atoms with Crippen LogP contribution in [-0.2, 0) is 14.1 Å². The molecule has 34 heavy (non-hydrogen) atoms. The first-order valence-corrected chi connectivity index (χ1v) is 10.9. The first-order chi connectivity index (χ1) is 16.4. The van der Waals surface area contributed by atoms with E-state index in [4.69, 9.17) is 4.74 Å². The number of nitrogens with one attached hydrogen (secondary N) is 1. The number of rotatable bonds is 5. The topological polar surface area (TPSA) is 104 Å². The van der Waals surface area contributed by atoms with E-state index in [0.29, 0.717) is 28.7 Å². The van der Waals surface area contributed by atoms with E-state index < -0.39 is 11.5 Å². The summed E-state index contributed by atoms with van der Waals surface area (Å²) < 4.78 is 25.2. The van der Waals surface area contributed by atoms with E-state index >= 15 is 0 Å². The van der Waals surface area contributed by atoms with Crippen molar-refractivity contribution in [1.29, 1.82) is 0 Å². The molecule has 0 bridgehead atoms. The molecule has 1 aliphatic carbocycles. The summed E-state index contributed by atoms with van der Waals surface area (Å²) in [7, 11) is 3.26. The Morgan fingerprint density at radius 2 is 1.97 bits per heavy atom. The van der Waals surface area contributed by atoms with E-state index in [1.807, 2.05) is 18.5 Å². The molecule has 1 fully saturated rings. The Bertz CT molecular complexity index is 1650. The molecule has 0 saturated heterocycles. The molecule has 11 heteroatoms. The smallest absolute Gasteiger partial charge is 0.276 e. The van der Waals surface area contributed by atoms with Gasteiger partial charge in [-0.1, -0.05) is 0 Å². The van der Waals surface area contributed by atoms with Crippen molar-refractivity contribution < 1.29 is 9.13 Å². The van der Waals surface area contributed by atoms with Gasteiger partial charge in [-0.2, -0.15) is 14.5 Å². The predicted molar refractivity (Wildman–Crippen MR) is 123 cm³/mol. The summed E-state index contributed by atoms with van der Waals surface area (Å²) in [5, 5.41) is 7.35. The first-order valence-electron chi connectivity index (χ1n) is 10.9. The van der Waals surface area contributed by atoms with Crippen molar-refractivity contribution in [2.24, 2.45) is 14.1 Å². The molecule has 0 atom stereocenters. The van der Waals surface area contributed by atoms with Gasteiger partial charge in [0.25, 0.3) is 5.56 Å². The zero-order valence-electron chi connectivity index (χ0n) is 18.8. The molecule has 5 aromatic rings. The fourth-order valence-electron chi connectivity index (χ4n) is 4.18. The maximum Gasteiger partial charge on any atom is 0.276 e. The molecule has 0 unspecified atom stereocenters. The molecule has 5 aromatic heterocycles. The third-order valence-electron chi connectivity index (χ3n) is 6.25. The molecule has 172 valence electrons. The first kappa shape index (κ1) is 20.3. The van der Waals surface area contributed by atoms with Crippen LogP contribution >= 0.6 is 0 Å². The van der Waals surface area contributed by atoms with Gasteiger partial charge in [-0.25, -0.2) is 9.50 Å². The second kappa shape index (κ2) is 7.37. The highest BCUT2D eigenvalue weighted by Crippen LogP contribution is 2.41. The number of ether oxygens (including phenoxy) is 1. The van der Waals surface area contributed by atoms with Crippen molar-refractivity contribution in [2.75, 3.05) is 5.32 Å². The minimum absolute atomic E-state index is 0.159. The number of halogens is 1. The van der Waals surface area contributed by atoms with E-state index in [2.05, 4.69) is 25.4 Å². The highest BCUT2D eigenvalue weighted by Gasteiger charge is 2.29. The van der Waals surface area contributed by atoms with Crippen molar-refractivity contribution in [3.05, 3.63) is 64.5 Å². The van der Waals surface area contributed by atoms with Crippen LogP contribution in [-0.4, -0.2) is 33.7 Å². The van der Waals surface area contributed by atoms with Gasteiger partial charge in [-0.3, -0.25) is 14.3 Å². The number of aromatic nitrogens is 7. The van der Waals surface area contributed by atoms with Crippen LogP contribution < -0.4 is 15.6 Å². The largest absolute Gasteiger partial charge is 0.451 e. The number of hydrogen-bond acceptors (Lipinski definition) is 7. The molecule has 1 saturated carbocycles.